The summed E-state index contributed by atoms with van der Waals surface area (Å²) in [6.45, 7) is -1.45. The lowest BCUT2D eigenvalue weighted by Gasteiger charge is -2.09. The van der Waals surface area contributed by atoms with Crippen LogP contribution in [-0.2, 0) is 0 Å². The summed E-state index contributed by atoms with van der Waals surface area (Å²) in [6.07, 6.45) is -1.90. The van der Waals surface area contributed by atoms with Gasteiger partial charge in [0.15, 0.2) is 12.4 Å². The minimum absolute atomic E-state index is 0.155. The van der Waals surface area contributed by atoms with Gasteiger partial charge in [-0.3, -0.25) is 9.59 Å². The Balaban J connectivity index is 1.56. The standard InChI is InChI=1S/C19H14F3N3O4/c20-19(21,22)11-29-16-8-7-14(10-23-16)25-17(26)12-3-5-13(6-4-12)24-18(27)15-2-1-9-28-15/h1-10H,11H2,(H,24,27)(H,25,26). The Morgan fingerprint density at radius 3 is 2.24 bits per heavy atom. The van der Waals surface area contributed by atoms with Crippen molar-refractivity contribution in [1.29, 1.82) is 0 Å². The van der Waals surface area contributed by atoms with Gasteiger partial charge in [-0.25, -0.2) is 4.98 Å². The van der Waals surface area contributed by atoms with Gasteiger partial charge in [0.25, 0.3) is 11.8 Å². The first-order valence-electron chi connectivity index (χ1n) is 8.22. The molecule has 29 heavy (non-hydrogen) atoms. The van der Waals surface area contributed by atoms with Crippen LogP contribution in [0.1, 0.15) is 20.9 Å². The Morgan fingerprint density at radius 2 is 1.66 bits per heavy atom. The molecule has 1 aromatic carbocycles. The van der Waals surface area contributed by atoms with Crippen molar-refractivity contribution in [3.05, 3.63) is 72.3 Å². The highest BCUT2D eigenvalue weighted by Crippen LogP contribution is 2.19. The molecule has 3 rings (SSSR count). The van der Waals surface area contributed by atoms with Crippen molar-refractivity contribution in [2.45, 2.75) is 6.18 Å². The van der Waals surface area contributed by atoms with Gasteiger partial charge < -0.3 is 19.8 Å². The lowest BCUT2D eigenvalue weighted by atomic mass is 10.2. The third-order valence-electron chi connectivity index (χ3n) is 3.53. The molecule has 150 valence electrons. The van der Waals surface area contributed by atoms with E-state index >= 15 is 0 Å². The quantitative estimate of drug-likeness (QED) is 0.644. The molecule has 2 N–H and O–H groups in total. The molecule has 2 aromatic heterocycles. The van der Waals surface area contributed by atoms with Crippen molar-refractivity contribution in [3.8, 4) is 5.88 Å². The molecule has 10 heteroatoms. The van der Waals surface area contributed by atoms with Crippen LogP contribution in [0.5, 0.6) is 5.88 Å². The van der Waals surface area contributed by atoms with Crippen molar-refractivity contribution in [2.24, 2.45) is 0 Å². The van der Waals surface area contributed by atoms with E-state index in [1.165, 1.54) is 42.8 Å². The fourth-order valence-electron chi connectivity index (χ4n) is 2.20. The van der Waals surface area contributed by atoms with Crippen molar-refractivity contribution in [2.75, 3.05) is 17.2 Å². The third-order valence-corrected chi connectivity index (χ3v) is 3.53. The second-order valence-corrected chi connectivity index (χ2v) is 5.75. The monoisotopic (exact) mass is 405 g/mol. The van der Waals surface area contributed by atoms with E-state index in [-0.39, 0.29) is 17.3 Å². The Morgan fingerprint density at radius 1 is 0.966 bits per heavy atom. The highest BCUT2D eigenvalue weighted by molar-refractivity contribution is 6.05. The van der Waals surface area contributed by atoms with E-state index in [0.29, 0.717) is 11.3 Å². The number of ether oxygens (including phenoxy) is 1. The second-order valence-electron chi connectivity index (χ2n) is 5.75. The van der Waals surface area contributed by atoms with Crippen LogP contribution < -0.4 is 15.4 Å². The number of pyridine rings is 1. The number of alkyl halides is 3. The summed E-state index contributed by atoms with van der Waals surface area (Å²) >= 11 is 0. The number of halogens is 3. The summed E-state index contributed by atoms with van der Waals surface area (Å²) in [5.41, 5.74) is 1.05. The number of nitrogens with zero attached hydrogens (tertiary/aromatic N) is 1. The number of aromatic nitrogens is 1. The van der Waals surface area contributed by atoms with Crippen LogP contribution in [0.15, 0.2) is 65.4 Å². The van der Waals surface area contributed by atoms with Crippen LogP contribution in [-0.4, -0.2) is 29.6 Å². The van der Waals surface area contributed by atoms with Gasteiger partial charge in [0, 0.05) is 17.3 Å². The molecule has 0 saturated heterocycles. The molecule has 0 atom stereocenters. The van der Waals surface area contributed by atoms with E-state index in [0.717, 1.165) is 0 Å². The van der Waals surface area contributed by atoms with Crippen LogP contribution in [0.4, 0.5) is 24.5 Å². The topological polar surface area (TPSA) is 93.5 Å². The summed E-state index contributed by atoms with van der Waals surface area (Å²) in [5, 5.41) is 5.18. The Hall–Kier alpha value is -3.82. The van der Waals surface area contributed by atoms with Gasteiger partial charge in [-0.15, -0.1) is 0 Å². The van der Waals surface area contributed by atoms with E-state index in [1.807, 2.05) is 0 Å². The van der Waals surface area contributed by atoms with Crippen molar-refractivity contribution in [1.82, 2.24) is 4.98 Å². The van der Waals surface area contributed by atoms with Gasteiger partial charge in [-0.2, -0.15) is 13.2 Å². The minimum Gasteiger partial charge on any atom is -0.468 e. The van der Waals surface area contributed by atoms with Crippen molar-refractivity contribution < 1.29 is 31.9 Å². The number of anilines is 2. The molecule has 0 saturated carbocycles. The average molecular weight is 405 g/mol. The van der Waals surface area contributed by atoms with Crippen LogP contribution in [0.25, 0.3) is 0 Å². The molecule has 0 bridgehead atoms. The molecule has 7 nitrogen and oxygen atoms in total. The summed E-state index contributed by atoms with van der Waals surface area (Å²) in [7, 11) is 0. The molecule has 0 spiro atoms. The van der Waals surface area contributed by atoms with E-state index < -0.39 is 24.6 Å². The third kappa shape index (κ3) is 5.83. The zero-order valence-electron chi connectivity index (χ0n) is 14.7. The first kappa shape index (κ1) is 19.9. The second kappa shape index (κ2) is 8.46. The number of carbonyl (C=O) groups is 2. The van der Waals surface area contributed by atoms with E-state index in [9.17, 15) is 22.8 Å². The predicted octanol–water partition coefficient (Wildman–Crippen LogP) is 4.12. The van der Waals surface area contributed by atoms with Gasteiger partial charge >= 0.3 is 6.18 Å². The minimum atomic E-state index is -4.46. The smallest absolute Gasteiger partial charge is 0.422 e. The maximum atomic E-state index is 12.3. The molecule has 2 amide bonds. The summed E-state index contributed by atoms with van der Waals surface area (Å²) in [5.74, 6) is -0.940. The number of rotatable bonds is 6. The van der Waals surface area contributed by atoms with Gasteiger partial charge in [0.2, 0.25) is 5.88 Å². The largest absolute Gasteiger partial charge is 0.468 e. The average Bonchev–Trinajstić information content (AvgIpc) is 3.22. The van der Waals surface area contributed by atoms with Crippen molar-refractivity contribution >= 4 is 23.2 Å². The number of hydrogen-bond donors (Lipinski definition) is 2. The number of amides is 2. The molecular weight excluding hydrogens is 391 g/mol. The van der Waals surface area contributed by atoms with Crippen LogP contribution in [0, 0.1) is 0 Å². The highest BCUT2D eigenvalue weighted by Gasteiger charge is 2.28. The maximum absolute atomic E-state index is 12.3. The molecule has 0 aliphatic carbocycles. The van der Waals surface area contributed by atoms with E-state index in [2.05, 4.69) is 20.4 Å². The predicted molar refractivity (Wildman–Crippen MR) is 96.8 cm³/mol. The molecular formula is C19H14F3N3O4. The first-order valence-corrected chi connectivity index (χ1v) is 8.22. The lowest BCUT2D eigenvalue weighted by Crippen LogP contribution is -2.19. The Kier molecular flexibility index (Phi) is 5.82. The van der Waals surface area contributed by atoms with Crippen LogP contribution in [0.3, 0.4) is 0 Å². The zero-order chi connectivity index (χ0) is 20.9. The number of nitrogens with one attached hydrogen (secondary N) is 2. The molecule has 0 unspecified atom stereocenters. The van der Waals surface area contributed by atoms with Crippen LogP contribution in [0.2, 0.25) is 0 Å². The van der Waals surface area contributed by atoms with E-state index in [4.69, 9.17) is 4.42 Å². The fourth-order valence-corrected chi connectivity index (χ4v) is 2.20. The van der Waals surface area contributed by atoms with Gasteiger partial charge in [-0.1, -0.05) is 0 Å². The molecule has 0 radical (unpaired) electrons. The van der Waals surface area contributed by atoms with Crippen LogP contribution >= 0.6 is 0 Å². The zero-order valence-corrected chi connectivity index (χ0v) is 14.7. The molecule has 3 aromatic rings. The number of carbonyl (C=O) groups excluding carboxylic acids is 2. The highest BCUT2D eigenvalue weighted by atomic mass is 19.4. The molecule has 0 aliphatic rings. The summed E-state index contributed by atoms with van der Waals surface area (Å²) in [4.78, 5) is 27.9. The SMILES string of the molecule is O=C(Nc1ccc(OCC(F)(F)F)nc1)c1ccc(NC(=O)c2ccco2)cc1. The molecule has 0 aliphatic heterocycles. The molecule has 2 heterocycles. The first-order chi connectivity index (χ1) is 13.8. The molecule has 0 fully saturated rings. The Bertz CT molecular complexity index is 969. The van der Waals surface area contributed by atoms with Gasteiger partial charge in [-0.05, 0) is 42.5 Å². The van der Waals surface area contributed by atoms with E-state index in [1.54, 1.807) is 18.2 Å². The van der Waals surface area contributed by atoms with Crippen molar-refractivity contribution in [3.63, 3.8) is 0 Å². The summed E-state index contributed by atoms with van der Waals surface area (Å²) < 4.78 is 45.8. The summed E-state index contributed by atoms with van der Waals surface area (Å²) in [6, 6.07) is 11.8. The Labute approximate surface area is 162 Å². The number of hydrogen-bond acceptors (Lipinski definition) is 5. The fraction of sp³-hybridized carbons (Fsp3) is 0.105. The number of benzene rings is 1. The number of furan rings is 1. The normalized spacial score (nSPS) is 11.0. The maximum Gasteiger partial charge on any atom is 0.422 e. The van der Waals surface area contributed by atoms with Gasteiger partial charge in [0.1, 0.15) is 0 Å². The van der Waals surface area contributed by atoms with Gasteiger partial charge in [0.05, 0.1) is 18.1 Å². The lowest BCUT2D eigenvalue weighted by molar-refractivity contribution is -0.154.